The summed E-state index contributed by atoms with van der Waals surface area (Å²) in [5.41, 5.74) is 0.488. The van der Waals surface area contributed by atoms with Crippen LogP contribution < -0.4 is 16.0 Å². The number of hydrogen-bond acceptors (Lipinski definition) is 4. The quantitative estimate of drug-likeness (QED) is 0.300. The van der Waals surface area contributed by atoms with Crippen molar-refractivity contribution in [2.75, 3.05) is 44.6 Å². The van der Waals surface area contributed by atoms with E-state index in [0.717, 1.165) is 87.3 Å². The Balaban J connectivity index is 2.43. The second-order valence-electron chi connectivity index (χ2n) is 12.3. The van der Waals surface area contributed by atoms with Gasteiger partial charge in [0.2, 0.25) is 11.9 Å². The number of imidazole rings is 1. The number of aromatic nitrogens is 2. The summed E-state index contributed by atoms with van der Waals surface area (Å²) in [7, 11) is 0. The van der Waals surface area contributed by atoms with E-state index in [1.807, 2.05) is 0 Å². The van der Waals surface area contributed by atoms with Gasteiger partial charge >= 0.3 is 0 Å². The van der Waals surface area contributed by atoms with Crippen LogP contribution in [0.3, 0.4) is 0 Å². The Hall–Kier alpha value is -2.08. The van der Waals surface area contributed by atoms with Crippen LogP contribution in [0.15, 0.2) is 11.6 Å². The molecule has 2 rings (SSSR count). The lowest BCUT2D eigenvalue weighted by atomic mass is 9.81. The minimum Gasteiger partial charge on any atom is -0.356 e. The molecule has 1 aromatic rings. The number of carbonyl (C=O) groups excluding carboxylic acids is 1. The summed E-state index contributed by atoms with van der Waals surface area (Å²) >= 11 is 0. The molecule has 0 atom stereocenters. The topological polar surface area (TPSA) is 53.4 Å². The van der Waals surface area contributed by atoms with Gasteiger partial charge in [0.25, 0.3) is 0 Å². The predicted molar refractivity (Wildman–Crippen MR) is 164 cm³/mol. The number of allylic oxidation sites excluding steroid dienone is 1. The van der Waals surface area contributed by atoms with Crippen molar-refractivity contribution < 1.29 is 4.79 Å². The Bertz CT molecular complexity index is 1000. The number of nitrogens with zero attached hydrogens (tertiary/aromatic N) is 4. The second-order valence-corrected chi connectivity index (χ2v) is 12.3. The Kier molecular flexibility index (Phi) is 13.1. The summed E-state index contributed by atoms with van der Waals surface area (Å²) < 4.78 is 2.36. The molecule has 0 saturated heterocycles. The Morgan fingerprint density at radius 1 is 1.00 bits per heavy atom. The van der Waals surface area contributed by atoms with Crippen molar-refractivity contribution >= 4 is 24.0 Å². The molecule has 0 spiro atoms. The van der Waals surface area contributed by atoms with Crippen molar-refractivity contribution in [2.24, 2.45) is 17.3 Å². The number of anilines is 1. The van der Waals surface area contributed by atoms with Gasteiger partial charge in [0, 0.05) is 26.2 Å². The SMILES string of the molecule is CCCNc1nc2c(n1CCCN(CCC)CCC)=CC(C(C)(C)C(=O)N(CC(C)C)CC(C)C)=CCC=2. The summed E-state index contributed by atoms with van der Waals surface area (Å²) in [4.78, 5) is 23.7. The molecule has 1 amide bonds. The van der Waals surface area contributed by atoms with Crippen LogP contribution in [0, 0.1) is 17.3 Å². The van der Waals surface area contributed by atoms with E-state index in [-0.39, 0.29) is 5.91 Å². The highest BCUT2D eigenvalue weighted by Crippen LogP contribution is 2.32. The van der Waals surface area contributed by atoms with Crippen LogP contribution in [-0.4, -0.2) is 64.5 Å². The molecule has 38 heavy (non-hydrogen) atoms. The van der Waals surface area contributed by atoms with Crippen LogP contribution in [-0.2, 0) is 11.3 Å². The van der Waals surface area contributed by atoms with Crippen LogP contribution >= 0.6 is 0 Å². The molecule has 0 aliphatic heterocycles. The first-order chi connectivity index (χ1) is 18.0. The van der Waals surface area contributed by atoms with E-state index in [4.69, 9.17) is 4.98 Å². The molecule has 0 radical (unpaired) electrons. The molecule has 0 aromatic carbocycles. The van der Waals surface area contributed by atoms with Crippen LogP contribution in [0.1, 0.15) is 94.4 Å². The molecule has 0 fully saturated rings. The summed E-state index contributed by atoms with van der Waals surface area (Å²) in [5.74, 6) is 2.05. The fourth-order valence-corrected chi connectivity index (χ4v) is 5.38. The lowest BCUT2D eigenvalue weighted by molar-refractivity contribution is -0.139. The number of hydrogen-bond donors (Lipinski definition) is 1. The minimum absolute atomic E-state index is 0.219. The van der Waals surface area contributed by atoms with Gasteiger partial charge < -0.3 is 19.7 Å². The number of fused-ring (bicyclic) bond motifs is 1. The van der Waals surface area contributed by atoms with Gasteiger partial charge in [0.1, 0.15) is 0 Å². The first-order valence-electron chi connectivity index (χ1n) is 15.3. The van der Waals surface area contributed by atoms with Crippen molar-refractivity contribution in [3.05, 3.63) is 22.3 Å². The monoisotopic (exact) mass is 527 g/mol. The largest absolute Gasteiger partial charge is 0.356 e. The maximum absolute atomic E-state index is 14.0. The molecule has 6 nitrogen and oxygen atoms in total. The third kappa shape index (κ3) is 9.00. The number of carbonyl (C=O) groups is 1. The molecule has 1 aliphatic carbocycles. The smallest absolute Gasteiger partial charge is 0.232 e. The van der Waals surface area contributed by atoms with Crippen LogP contribution in [0.2, 0.25) is 0 Å². The van der Waals surface area contributed by atoms with Crippen molar-refractivity contribution in [2.45, 2.75) is 101 Å². The Morgan fingerprint density at radius 3 is 2.18 bits per heavy atom. The molecule has 1 N–H and O–H groups in total. The summed E-state index contributed by atoms with van der Waals surface area (Å²) in [5, 5.41) is 5.73. The predicted octanol–water partition coefficient (Wildman–Crippen LogP) is 5.28. The second kappa shape index (κ2) is 15.5. The average molecular weight is 528 g/mol. The molecular weight excluding hydrogens is 470 g/mol. The fraction of sp³-hybridized carbons (Fsp3) is 0.750. The van der Waals surface area contributed by atoms with Gasteiger partial charge in [-0.05, 0) is 89.1 Å². The highest BCUT2D eigenvalue weighted by Gasteiger charge is 2.35. The van der Waals surface area contributed by atoms with E-state index in [9.17, 15) is 4.79 Å². The molecule has 1 heterocycles. The Morgan fingerprint density at radius 2 is 1.63 bits per heavy atom. The third-order valence-electron chi connectivity index (χ3n) is 7.16. The zero-order valence-corrected chi connectivity index (χ0v) is 26.1. The van der Waals surface area contributed by atoms with Gasteiger partial charge in [-0.1, -0.05) is 60.6 Å². The van der Waals surface area contributed by atoms with Gasteiger partial charge in [-0.15, -0.1) is 0 Å². The third-order valence-corrected chi connectivity index (χ3v) is 7.16. The maximum atomic E-state index is 14.0. The highest BCUT2D eigenvalue weighted by atomic mass is 16.2. The first kappa shape index (κ1) is 32.1. The van der Waals surface area contributed by atoms with Crippen molar-refractivity contribution in [1.82, 2.24) is 19.4 Å². The van der Waals surface area contributed by atoms with Crippen molar-refractivity contribution in [1.29, 1.82) is 0 Å². The van der Waals surface area contributed by atoms with Crippen LogP contribution in [0.25, 0.3) is 12.2 Å². The number of rotatable bonds is 17. The molecule has 0 saturated carbocycles. The fourth-order valence-electron chi connectivity index (χ4n) is 5.38. The standard InChI is InChI=1S/C32H57N5O/c1-10-17-33-31-34-28-16-13-15-27(32(8,9)30(38)36(23-25(4)5)24-26(6)7)22-29(28)37(31)21-14-20-35(18-11-2)19-12-3/h15-16,22,25-26H,10-14,17-21,23-24H2,1-9H3,(H,33,34). The molecule has 0 unspecified atom stereocenters. The van der Waals surface area contributed by atoms with E-state index in [2.05, 4.69) is 100 Å². The van der Waals surface area contributed by atoms with Gasteiger partial charge in [-0.2, -0.15) is 0 Å². The highest BCUT2D eigenvalue weighted by molar-refractivity contribution is 5.88. The lowest BCUT2D eigenvalue weighted by Gasteiger charge is -2.35. The van der Waals surface area contributed by atoms with Crippen LogP contribution in [0.5, 0.6) is 0 Å². The normalized spacial score (nSPS) is 13.7. The zero-order valence-electron chi connectivity index (χ0n) is 26.1. The molecule has 0 bridgehead atoms. The summed E-state index contributed by atoms with van der Waals surface area (Å²) in [6, 6.07) is 0. The first-order valence-corrected chi connectivity index (χ1v) is 15.3. The molecule has 1 aliphatic rings. The van der Waals surface area contributed by atoms with Crippen LogP contribution in [0.4, 0.5) is 5.95 Å². The molecule has 1 aromatic heterocycles. The summed E-state index contributed by atoms with van der Waals surface area (Å²) in [6.07, 6.45) is 12.0. The van der Waals surface area contributed by atoms with E-state index in [0.29, 0.717) is 11.8 Å². The van der Waals surface area contributed by atoms with E-state index in [1.54, 1.807) is 0 Å². The maximum Gasteiger partial charge on any atom is 0.232 e. The molecule has 216 valence electrons. The van der Waals surface area contributed by atoms with E-state index >= 15 is 0 Å². The molecule has 6 heteroatoms. The van der Waals surface area contributed by atoms with Gasteiger partial charge in [-0.3, -0.25) is 4.79 Å². The van der Waals surface area contributed by atoms with Gasteiger partial charge in [-0.25, -0.2) is 4.98 Å². The van der Waals surface area contributed by atoms with Crippen molar-refractivity contribution in [3.63, 3.8) is 0 Å². The van der Waals surface area contributed by atoms with Gasteiger partial charge in [0.05, 0.1) is 16.1 Å². The Labute approximate surface area is 233 Å². The average Bonchev–Trinajstić information content (AvgIpc) is 3.01. The minimum atomic E-state index is -0.607. The van der Waals surface area contributed by atoms with E-state index in [1.165, 1.54) is 12.8 Å². The van der Waals surface area contributed by atoms with E-state index < -0.39 is 5.41 Å². The lowest BCUT2D eigenvalue weighted by Crippen LogP contribution is -2.45. The number of amides is 1. The zero-order chi connectivity index (χ0) is 28.3. The summed E-state index contributed by atoms with van der Waals surface area (Å²) in [6.45, 7) is 26.5. The molecular formula is C32H57N5O. The van der Waals surface area contributed by atoms with Gasteiger partial charge in [0.15, 0.2) is 0 Å². The number of nitrogens with one attached hydrogen (secondary N) is 1. The van der Waals surface area contributed by atoms with Crippen molar-refractivity contribution in [3.8, 4) is 0 Å².